The Hall–Kier alpha value is -2.62. The van der Waals surface area contributed by atoms with E-state index in [1.165, 1.54) is 7.11 Å². The van der Waals surface area contributed by atoms with E-state index in [2.05, 4.69) is 5.32 Å². The van der Waals surface area contributed by atoms with Crippen LogP contribution in [0.2, 0.25) is 0 Å². The third-order valence-corrected chi connectivity index (χ3v) is 3.46. The van der Waals surface area contributed by atoms with Crippen molar-refractivity contribution < 1.29 is 14.3 Å². The zero-order chi connectivity index (χ0) is 15.9. The summed E-state index contributed by atoms with van der Waals surface area (Å²) in [6.07, 6.45) is 0.394. The molecule has 22 heavy (non-hydrogen) atoms. The molecule has 2 aromatic carbocycles. The molecule has 0 heterocycles. The molecule has 0 aromatic heterocycles. The standard InChI is InChI=1S/C18H19NO3/c1-13-8-6-7-11-15(13)17(20)19-16(18(21)22-2)12-14-9-4-3-5-10-14/h3-11,16H,12H2,1-2H3,(H,19,20). The first-order valence-corrected chi connectivity index (χ1v) is 7.10. The van der Waals surface area contributed by atoms with E-state index >= 15 is 0 Å². The lowest BCUT2D eigenvalue weighted by Gasteiger charge is -2.17. The minimum Gasteiger partial charge on any atom is -0.467 e. The van der Waals surface area contributed by atoms with Crippen molar-refractivity contribution in [1.29, 1.82) is 0 Å². The Morgan fingerprint density at radius 3 is 2.32 bits per heavy atom. The number of hydrogen-bond donors (Lipinski definition) is 1. The molecule has 0 fully saturated rings. The summed E-state index contributed by atoms with van der Waals surface area (Å²) in [5, 5.41) is 2.76. The van der Waals surface area contributed by atoms with E-state index in [4.69, 9.17) is 4.74 Å². The number of aryl methyl sites for hydroxylation is 1. The molecule has 0 aliphatic rings. The summed E-state index contributed by atoms with van der Waals surface area (Å²) < 4.78 is 4.80. The molecule has 0 aliphatic carbocycles. The molecular formula is C18H19NO3. The van der Waals surface area contributed by atoms with Gasteiger partial charge in [-0.05, 0) is 24.1 Å². The van der Waals surface area contributed by atoms with Crippen LogP contribution in [0.4, 0.5) is 0 Å². The first-order valence-electron chi connectivity index (χ1n) is 7.10. The van der Waals surface area contributed by atoms with Gasteiger partial charge in [-0.1, -0.05) is 48.5 Å². The molecule has 0 aliphatic heterocycles. The van der Waals surface area contributed by atoms with Gasteiger partial charge in [-0.3, -0.25) is 4.79 Å². The van der Waals surface area contributed by atoms with Crippen LogP contribution in [0.1, 0.15) is 21.5 Å². The van der Waals surface area contributed by atoms with Gasteiger partial charge in [-0.2, -0.15) is 0 Å². The smallest absolute Gasteiger partial charge is 0.328 e. The topological polar surface area (TPSA) is 55.4 Å². The number of carbonyl (C=O) groups excluding carboxylic acids is 2. The molecular weight excluding hydrogens is 278 g/mol. The van der Waals surface area contributed by atoms with Crippen molar-refractivity contribution in [3.63, 3.8) is 0 Å². The molecule has 4 nitrogen and oxygen atoms in total. The second kappa shape index (κ2) is 7.41. The fourth-order valence-electron chi connectivity index (χ4n) is 2.25. The van der Waals surface area contributed by atoms with Gasteiger partial charge in [0.25, 0.3) is 5.91 Å². The number of carbonyl (C=O) groups is 2. The van der Waals surface area contributed by atoms with E-state index in [9.17, 15) is 9.59 Å². The summed E-state index contributed by atoms with van der Waals surface area (Å²) in [6, 6.07) is 16.1. The monoisotopic (exact) mass is 297 g/mol. The molecule has 0 saturated heterocycles. The Balaban J connectivity index is 2.15. The summed E-state index contributed by atoms with van der Waals surface area (Å²) in [7, 11) is 1.32. The lowest BCUT2D eigenvalue weighted by Crippen LogP contribution is -2.43. The molecule has 0 bridgehead atoms. The summed E-state index contributed by atoms with van der Waals surface area (Å²) >= 11 is 0. The first kappa shape index (κ1) is 15.8. The summed E-state index contributed by atoms with van der Waals surface area (Å²) in [5.74, 6) is -0.727. The number of ether oxygens (including phenoxy) is 1. The maximum absolute atomic E-state index is 12.4. The van der Waals surface area contributed by atoms with Crippen molar-refractivity contribution in [1.82, 2.24) is 5.32 Å². The molecule has 0 spiro atoms. The molecule has 2 aromatic rings. The predicted octanol–water partition coefficient (Wildman–Crippen LogP) is 2.51. The number of benzene rings is 2. The van der Waals surface area contributed by atoms with Crippen LogP contribution >= 0.6 is 0 Å². The van der Waals surface area contributed by atoms with Gasteiger partial charge >= 0.3 is 5.97 Å². The Labute approximate surface area is 130 Å². The highest BCUT2D eigenvalue weighted by molar-refractivity contribution is 5.98. The van der Waals surface area contributed by atoms with E-state index in [1.807, 2.05) is 49.4 Å². The van der Waals surface area contributed by atoms with Crippen molar-refractivity contribution in [2.45, 2.75) is 19.4 Å². The third kappa shape index (κ3) is 3.95. The molecule has 2 rings (SSSR count). The maximum atomic E-state index is 12.4. The lowest BCUT2D eigenvalue weighted by atomic mass is 10.0. The van der Waals surface area contributed by atoms with Crippen molar-refractivity contribution >= 4 is 11.9 Å². The van der Waals surface area contributed by atoms with Gasteiger partial charge in [0.05, 0.1) is 7.11 Å². The fraction of sp³-hybridized carbons (Fsp3) is 0.222. The summed E-state index contributed by atoms with van der Waals surface area (Å²) in [5.41, 5.74) is 2.38. The van der Waals surface area contributed by atoms with E-state index in [0.29, 0.717) is 12.0 Å². The minimum absolute atomic E-state index is 0.274. The van der Waals surface area contributed by atoms with Crippen LogP contribution in [-0.2, 0) is 16.0 Å². The van der Waals surface area contributed by atoms with Gasteiger partial charge in [-0.15, -0.1) is 0 Å². The number of methoxy groups -OCH3 is 1. The summed E-state index contributed by atoms with van der Waals surface area (Å²) in [6.45, 7) is 1.86. The molecule has 4 heteroatoms. The second-order valence-corrected chi connectivity index (χ2v) is 5.05. The predicted molar refractivity (Wildman–Crippen MR) is 84.6 cm³/mol. The Morgan fingerprint density at radius 2 is 1.68 bits per heavy atom. The van der Waals surface area contributed by atoms with Crippen molar-refractivity contribution in [3.8, 4) is 0 Å². The van der Waals surface area contributed by atoms with E-state index in [-0.39, 0.29) is 5.91 Å². The van der Waals surface area contributed by atoms with Crippen molar-refractivity contribution in [2.24, 2.45) is 0 Å². The van der Waals surface area contributed by atoms with Crippen LogP contribution in [0, 0.1) is 6.92 Å². The van der Waals surface area contributed by atoms with E-state index < -0.39 is 12.0 Å². The largest absolute Gasteiger partial charge is 0.467 e. The number of hydrogen-bond acceptors (Lipinski definition) is 3. The number of rotatable bonds is 5. The average molecular weight is 297 g/mol. The first-order chi connectivity index (χ1) is 10.6. The third-order valence-electron chi connectivity index (χ3n) is 3.46. The number of nitrogens with one attached hydrogen (secondary N) is 1. The number of esters is 1. The van der Waals surface area contributed by atoms with E-state index in [0.717, 1.165) is 11.1 Å². The van der Waals surface area contributed by atoms with Crippen molar-refractivity contribution in [3.05, 3.63) is 71.3 Å². The highest BCUT2D eigenvalue weighted by Crippen LogP contribution is 2.09. The van der Waals surface area contributed by atoms with Gasteiger partial charge in [0.15, 0.2) is 0 Å². The molecule has 0 saturated carbocycles. The Bertz CT molecular complexity index is 652. The number of amides is 1. The molecule has 0 radical (unpaired) electrons. The normalized spacial score (nSPS) is 11.5. The summed E-state index contributed by atoms with van der Waals surface area (Å²) in [4.78, 5) is 24.3. The van der Waals surface area contributed by atoms with Crippen molar-refractivity contribution in [2.75, 3.05) is 7.11 Å². The second-order valence-electron chi connectivity index (χ2n) is 5.05. The SMILES string of the molecule is COC(=O)C(Cc1ccccc1)NC(=O)c1ccccc1C. The van der Waals surface area contributed by atoms with Gasteiger partial charge in [0.1, 0.15) is 6.04 Å². The van der Waals surface area contributed by atoms with Crippen LogP contribution in [0.5, 0.6) is 0 Å². The molecule has 114 valence electrons. The highest BCUT2D eigenvalue weighted by atomic mass is 16.5. The quantitative estimate of drug-likeness (QED) is 0.863. The molecule has 1 atom stereocenters. The van der Waals surface area contributed by atoms with Crippen LogP contribution in [0.25, 0.3) is 0 Å². The maximum Gasteiger partial charge on any atom is 0.328 e. The van der Waals surface area contributed by atoms with Crippen LogP contribution in [0.3, 0.4) is 0 Å². The zero-order valence-corrected chi connectivity index (χ0v) is 12.7. The zero-order valence-electron chi connectivity index (χ0n) is 12.7. The molecule has 1 amide bonds. The van der Waals surface area contributed by atoms with Gasteiger partial charge in [-0.25, -0.2) is 4.79 Å². The molecule has 1 unspecified atom stereocenters. The minimum atomic E-state index is -0.709. The van der Waals surface area contributed by atoms with Gasteiger partial charge in [0.2, 0.25) is 0 Å². The Morgan fingerprint density at radius 1 is 1.05 bits per heavy atom. The van der Waals surface area contributed by atoms with Crippen LogP contribution < -0.4 is 5.32 Å². The Kier molecular flexibility index (Phi) is 5.31. The lowest BCUT2D eigenvalue weighted by molar-refractivity contribution is -0.142. The average Bonchev–Trinajstić information content (AvgIpc) is 2.54. The van der Waals surface area contributed by atoms with Crippen LogP contribution in [0.15, 0.2) is 54.6 Å². The molecule has 1 N–H and O–H groups in total. The highest BCUT2D eigenvalue weighted by Gasteiger charge is 2.23. The van der Waals surface area contributed by atoms with Gasteiger partial charge in [0, 0.05) is 12.0 Å². The van der Waals surface area contributed by atoms with E-state index in [1.54, 1.807) is 12.1 Å². The fourth-order valence-corrected chi connectivity index (χ4v) is 2.25. The van der Waals surface area contributed by atoms with Gasteiger partial charge < -0.3 is 10.1 Å². The van der Waals surface area contributed by atoms with Crippen LogP contribution in [-0.4, -0.2) is 25.0 Å².